The van der Waals surface area contributed by atoms with Gasteiger partial charge in [-0.3, -0.25) is 4.90 Å². The van der Waals surface area contributed by atoms with Crippen LogP contribution in [0.15, 0.2) is 27.4 Å². The normalized spacial score (nSPS) is 14.9. The van der Waals surface area contributed by atoms with Gasteiger partial charge in [-0.05, 0) is 33.0 Å². The minimum Gasteiger partial charge on any atom is -0.465 e. The Labute approximate surface area is 111 Å². The van der Waals surface area contributed by atoms with E-state index >= 15 is 0 Å². The van der Waals surface area contributed by atoms with Crippen LogP contribution in [0, 0.1) is 6.92 Å². The fourth-order valence-corrected chi connectivity index (χ4v) is 2.71. The summed E-state index contributed by atoms with van der Waals surface area (Å²) in [4.78, 5) is 6.48. The number of likely N-dealkylation sites (N-methyl/N-ethyl adjacent to an activating group) is 1. The van der Waals surface area contributed by atoms with Crippen molar-refractivity contribution in [3.63, 3.8) is 0 Å². The van der Waals surface area contributed by atoms with Crippen LogP contribution < -0.4 is 5.73 Å². The van der Waals surface area contributed by atoms with Gasteiger partial charge in [-0.25, -0.2) is 4.98 Å². The number of aromatic nitrogens is 1. The van der Waals surface area contributed by atoms with Crippen molar-refractivity contribution in [3.8, 4) is 0 Å². The minimum absolute atomic E-state index is 0.000754. The van der Waals surface area contributed by atoms with Crippen molar-refractivity contribution in [2.45, 2.75) is 32.5 Å². The van der Waals surface area contributed by atoms with E-state index in [-0.39, 0.29) is 12.1 Å². The lowest BCUT2D eigenvalue weighted by atomic mass is 10.1. The molecule has 0 bridgehead atoms. The van der Waals surface area contributed by atoms with E-state index in [1.165, 1.54) is 0 Å². The van der Waals surface area contributed by atoms with Crippen molar-refractivity contribution in [1.29, 1.82) is 0 Å². The van der Waals surface area contributed by atoms with Gasteiger partial charge in [0.1, 0.15) is 11.5 Å². The van der Waals surface area contributed by atoms with E-state index in [1.54, 1.807) is 11.3 Å². The van der Waals surface area contributed by atoms with Gasteiger partial charge in [-0.2, -0.15) is 0 Å². The second kappa shape index (κ2) is 5.65. The fraction of sp³-hybridized carbons (Fsp3) is 0.462. The molecular formula is C13H19N3OS. The van der Waals surface area contributed by atoms with Gasteiger partial charge in [0.2, 0.25) is 0 Å². The average Bonchev–Trinajstić information content (AvgIpc) is 2.90. The molecule has 0 aliphatic heterocycles. The summed E-state index contributed by atoms with van der Waals surface area (Å²) in [6.07, 6.45) is 0. The van der Waals surface area contributed by atoms with Crippen LogP contribution in [0.5, 0.6) is 0 Å². The largest absolute Gasteiger partial charge is 0.465 e. The zero-order valence-electron chi connectivity index (χ0n) is 11.0. The van der Waals surface area contributed by atoms with E-state index in [4.69, 9.17) is 10.2 Å². The van der Waals surface area contributed by atoms with E-state index < -0.39 is 0 Å². The topological polar surface area (TPSA) is 55.3 Å². The lowest BCUT2D eigenvalue weighted by Crippen LogP contribution is -2.36. The van der Waals surface area contributed by atoms with Gasteiger partial charge < -0.3 is 10.2 Å². The van der Waals surface area contributed by atoms with Crippen molar-refractivity contribution in [2.24, 2.45) is 5.73 Å². The number of nitrogens with zero attached hydrogens (tertiary/aromatic N) is 2. The third kappa shape index (κ3) is 2.98. The van der Waals surface area contributed by atoms with Gasteiger partial charge in [0.25, 0.3) is 0 Å². The highest BCUT2D eigenvalue weighted by Gasteiger charge is 2.24. The van der Waals surface area contributed by atoms with Crippen LogP contribution in [0.2, 0.25) is 0 Å². The van der Waals surface area contributed by atoms with E-state index in [9.17, 15) is 0 Å². The summed E-state index contributed by atoms with van der Waals surface area (Å²) in [5.41, 5.74) is 9.00. The summed E-state index contributed by atoms with van der Waals surface area (Å²) in [5, 5.41) is 2.06. The molecular weight excluding hydrogens is 246 g/mol. The second-order valence-electron chi connectivity index (χ2n) is 4.65. The minimum atomic E-state index is -0.000754. The maximum Gasteiger partial charge on any atom is 0.122 e. The smallest absolute Gasteiger partial charge is 0.122 e. The maximum atomic E-state index is 6.09. The standard InChI is InChI=1S/C13H19N3OS/c1-9-4-5-12(17-9)13(10(2)14)16(3)6-11-7-18-8-15-11/h4-5,7-8,10,13H,6,14H2,1-3H3. The summed E-state index contributed by atoms with van der Waals surface area (Å²) >= 11 is 1.61. The SMILES string of the molecule is Cc1ccc(C(C(C)N)N(C)Cc2cscn2)o1. The van der Waals surface area contributed by atoms with Gasteiger partial charge in [-0.15, -0.1) is 11.3 Å². The first-order chi connectivity index (χ1) is 8.58. The van der Waals surface area contributed by atoms with Crippen molar-refractivity contribution in [2.75, 3.05) is 7.05 Å². The molecule has 98 valence electrons. The summed E-state index contributed by atoms with van der Waals surface area (Å²) in [5.74, 6) is 1.83. The number of rotatable bonds is 5. The molecule has 4 nitrogen and oxygen atoms in total. The van der Waals surface area contributed by atoms with Crippen LogP contribution in [0.25, 0.3) is 0 Å². The monoisotopic (exact) mass is 265 g/mol. The third-order valence-electron chi connectivity index (χ3n) is 2.92. The van der Waals surface area contributed by atoms with Gasteiger partial charge in [0.05, 0.1) is 17.2 Å². The summed E-state index contributed by atoms with van der Waals surface area (Å²) in [6.45, 7) is 4.72. The number of thiazole rings is 1. The number of furan rings is 1. The van der Waals surface area contributed by atoms with E-state index in [0.29, 0.717) is 0 Å². The Morgan fingerprint density at radius 2 is 2.28 bits per heavy atom. The molecule has 0 aliphatic rings. The summed E-state index contributed by atoms with van der Waals surface area (Å²) in [6, 6.07) is 4.04. The van der Waals surface area contributed by atoms with E-state index in [0.717, 1.165) is 23.8 Å². The molecule has 2 aromatic rings. The molecule has 18 heavy (non-hydrogen) atoms. The molecule has 2 unspecified atom stereocenters. The lowest BCUT2D eigenvalue weighted by Gasteiger charge is -2.28. The molecule has 0 radical (unpaired) electrons. The molecule has 2 aromatic heterocycles. The highest BCUT2D eigenvalue weighted by Crippen LogP contribution is 2.25. The first-order valence-electron chi connectivity index (χ1n) is 5.97. The van der Waals surface area contributed by atoms with Gasteiger partial charge in [0, 0.05) is 18.0 Å². The zero-order chi connectivity index (χ0) is 13.1. The van der Waals surface area contributed by atoms with Gasteiger partial charge in [0.15, 0.2) is 0 Å². The van der Waals surface area contributed by atoms with Crippen LogP contribution >= 0.6 is 11.3 Å². The number of aryl methyl sites for hydroxylation is 1. The quantitative estimate of drug-likeness (QED) is 0.902. The molecule has 0 saturated heterocycles. The molecule has 0 spiro atoms. The first kappa shape index (κ1) is 13.3. The van der Waals surface area contributed by atoms with Crippen molar-refractivity contribution in [3.05, 3.63) is 40.2 Å². The number of hydrogen-bond donors (Lipinski definition) is 1. The Bertz CT molecular complexity index is 478. The van der Waals surface area contributed by atoms with Crippen LogP contribution in [0.1, 0.15) is 30.2 Å². The molecule has 2 heterocycles. The van der Waals surface area contributed by atoms with Crippen LogP contribution in [0.4, 0.5) is 0 Å². The highest BCUT2D eigenvalue weighted by atomic mass is 32.1. The fourth-order valence-electron chi connectivity index (χ4n) is 2.16. The van der Waals surface area contributed by atoms with E-state index in [1.807, 2.05) is 38.5 Å². The molecule has 0 saturated carbocycles. The Morgan fingerprint density at radius 3 is 2.78 bits per heavy atom. The molecule has 0 amide bonds. The Hall–Kier alpha value is -1.17. The number of hydrogen-bond acceptors (Lipinski definition) is 5. The summed E-state index contributed by atoms with van der Waals surface area (Å²) < 4.78 is 5.71. The van der Waals surface area contributed by atoms with Crippen LogP contribution in [-0.2, 0) is 6.54 Å². The van der Waals surface area contributed by atoms with Gasteiger partial charge in [-0.1, -0.05) is 0 Å². The maximum absolute atomic E-state index is 6.09. The molecule has 2 atom stereocenters. The average molecular weight is 265 g/mol. The second-order valence-corrected chi connectivity index (χ2v) is 5.37. The molecule has 2 N–H and O–H groups in total. The first-order valence-corrected chi connectivity index (χ1v) is 6.91. The predicted molar refractivity (Wildman–Crippen MR) is 73.4 cm³/mol. The van der Waals surface area contributed by atoms with Crippen LogP contribution in [0.3, 0.4) is 0 Å². The molecule has 2 rings (SSSR count). The Balaban J connectivity index is 2.15. The van der Waals surface area contributed by atoms with Crippen LogP contribution in [-0.4, -0.2) is 23.0 Å². The lowest BCUT2D eigenvalue weighted by molar-refractivity contribution is 0.181. The van der Waals surface area contributed by atoms with Crippen molar-refractivity contribution >= 4 is 11.3 Å². The third-order valence-corrected chi connectivity index (χ3v) is 3.56. The van der Waals surface area contributed by atoms with Gasteiger partial charge >= 0.3 is 0 Å². The number of nitrogens with two attached hydrogens (primary N) is 1. The van der Waals surface area contributed by atoms with Crippen molar-refractivity contribution < 1.29 is 4.42 Å². The molecule has 0 aliphatic carbocycles. The Morgan fingerprint density at radius 1 is 1.50 bits per heavy atom. The molecule has 5 heteroatoms. The Kier molecular flexibility index (Phi) is 4.16. The van der Waals surface area contributed by atoms with E-state index in [2.05, 4.69) is 15.3 Å². The predicted octanol–water partition coefficient (Wildman–Crippen LogP) is 2.56. The van der Waals surface area contributed by atoms with Crippen molar-refractivity contribution in [1.82, 2.24) is 9.88 Å². The zero-order valence-corrected chi connectivity index (χ0v) is 11.8. The highest BCUT2D eigenvalue weighted by molar-refractivity contribution is 7.07. The summed E-state index contributed by atoms with van der Waals surface area (Å²) in [7, 11) is 2.05. The molecule has 0 fully saturated rings. The molecule has 0 aromatic carbocycles.